The smallest absolute Gasteiger partial charge is 0.138 e. The molecule has 3 aromatic rings. The molecule has 1 aromatic carbocycles. The van der Waals surface area contributed by atoms with E-state index in [4.69, 9.17) is 9.47 Å². The summed E-state index contributed by atoms with van der Waals surface area (Å²) in [4.78, 5) is 9.84. The van der Waals surface area contributed by atoms with Crippen LogP contribution in [0.2, 0.25) is 0 Å². The van der Waals surface area contributed by atoms with Crippen LogP contribution in [0.4, 0.5) is 0 Å². The Hall–Kier alpha value is -2.37. The number of hydrogen-bond acceptors (Lipinski definition) is 4. The minimum absolute atomic E-state index is 0.0157. The highest BCUT2D eigenvalue weighted by Crippen LogP contribution is 2.20. The molecule has 1 fully saturated rings. The molecule has 0 radical (unpaired) electrons. The molecule has 2 aromatic heterocycles. The highest BCUT2D eigenvalue weighted by Gasteiger charge is 2.21. The zero-order valence-corrected chi connectivity index (χ0v) is 13.5. The van der Waals surface area contributed by atoms with Crippen LogP contribution in [0, 0.1) is 0 Å². The van der Waals surface area contributed by atoms with Gasteiger partial charge in [-0.3, -0.25) is 9.88 Å². The molecular formula is C19H21N3O2. The Balaban J connectivity index is 1.46. The number of rotatable bonds is 4. The molecule has 1 aliphatic rings. The van der Waals surface area contributed by atoms with Crippen molar-refractivity contribution in [2.75, 3.05) is 26.3 Å². The summed E-state index contributed by atoms with van der Waals surface area (Å²) in [7, 11) is 0. The first kappa shape index (κ1) is 15.2. The van der Waals surface area contributed by atoms with Gasteiger partial charge in [-0.2, -0.15) is 0 Å². The lowest BCUT2D eigenvalue weighted by Crippen LogP contribution is -2.35. The zero-order valence-electron chi connectivity index (χ0n) is 13.5. The van der Waals surface area contributed by atoms with Gasteiger partial charge in [0.1, 0.15) is 11.9 Å². The molecule has 5 nitrogen and oxygen atoms in total. The number of pyridine rings is 1. The monoisotopic (exact) mass is 323 g/mol. The van der Waals surface area contributed by atoms with E-state index in [1.807, 2.05) is 12.1 Å². The fourth-order valence-electron chi connectivity index (χ4n) is 3.17. The number of H-pyrrole nitrogens is 1. The molecule has 1 saturated heterocycles. The molecule has 1 atom stereocenters. The zero-order chi connectivity index (χ0) is 16.2. The molecule has 0 spiro atoms. The van der Waals surface area contributed by atoms with Crippen LogP contribution >= 0.6 is 0 Å². The van der Waals surface area contributed by atoms with Crippen molar-refractivity contribution in [3.05, 3.63) is 60.6 Å². The van der Waals surface area contributed by atoms with E-state index in [1.54, 1.807) is 12.4 Å². The highest BCUT2D eigenvalue weighted by atomic mass is 16.5. The maximum atomic E-state index is 6.04. The largest absolute Gasteiger partial charge is 0.485 e. The van der Waals surface area contributed by atoms with Crippen LogP contribution in [-0.4, -0.2) is 47.3 Å². The van der Waals surface area contributed by atoms with Gasteiger partial charge in [-0.05, 0) is 23.8 Å². The summed E-state index contributed by atoms with van der Waals surface area (Å²) >= 11 is 0. The van der Waals surface area contributed by atoms with Gasteiger partial charge < -0.3 is 14.5 Å². The first-order chi connectivity index (χ1) is 11.9. The van der Waals surface area contributed by atoms with Crippen molar-refractivity contribution in [3.8, 4) is 5.75 Å². The van der Waals surface area contributed by atoms with E-state index in [-0.39, 0.29) is 6.10 Å². The van der Waals surface area contributed by atoms with E-state index in [1.165, 1.54) is 16.5 Å². The number of nitrogens with one attached hydrogen (secondary N) is 1. The molecule has 24 heavy (non-hydrogen) atoms. The second kappa shape index (κ2) is 7.03. The lowest BCUT2D eigenvalue weighted by Gasteiger charge is -2.23. The van der Waals surface area contributed by atoms with Gasteiger partial charge in [-0.1, -0.05) is 18.2 Å². The van der Waals surface area contributed by atoms with Crippen molar-refractivity contribution >= 4 is 10.9 Å². The molecule has 0 saturated carbocycles. The molecule has 1 aliphatic heterocycles. The molecule has 0 bridgehead atoms. The van der Waals surface area contributed by atoms with E-state index in [9.17, 15) is 0 Å². The highest BCUT2D eigenvalue weighted by molar-refractivity contribution is 5.82. The molecule has 0 unspecified atom stereocenters. The summed E-state index contributed by atoms with van der Waals surface area (Å²) in [5.41, 5.74) is 2.49. The van der Waals surface area contributed by atoms with Gasteiger partial charge >= 0.3 is 0 Å². The molecule has 4 rings (SSSR count). The standard InChI is InChI=1S/C19H21N3O2/c1-2-6-19-18(5-1)15(10-21-19)12-22-8-9-23-14-17(13-22)24-16-4-3-7-20-11-16/h1-7,10-11,17,21H,8-9,12-14H2/t17-/m1/s1. The van der Waals surface area contributed by atoms with Crippen molar-refractivity contribution in [1.82, 2.24) is 14.9 Å². The van der Waals surface area contributed by atoms with Gasteiger partial charge in [0.25, 0.3) is 0 Å². The summed E-state index contributed by atoms with van der Waals surface area (Å²) in [5, 5.41) is 1.28. The predicted octanol–water partition coefficient (Wildman–Crippen LogP) is 2.84. The van der Waals surface area contributed by atoms with Gasteiger partial charge in [0, 0.05) is 42.9 Å². The number of para-hydroxylation sites is 1. The summed E-state index contributed by atoms with van der Waals surface area (Å²) in [5.74, 6) is 0.792. The quantitative estimate of drug-likeness (QED) is 0.802. The van der Waals surface area contributed by atoms with Crippen LogP contribution in [0.15, 0.2) is 55.0 Å². The maximum Gasteiger partial charge on any atom is 0.138 e. The van der Waals surface area contributed by atoms with Crippen LogP contribution < -0.4 is 4.74 Å². The summed E-state index contributed by atoms with van der Waals surface area (Å²) in [6.07, 6.45) is 5.61. The molecule has 5 heteroatoms. The van der Waals surface area contributed by atoms with Crippen molar-refractivity contribution in [3.63, 3.8) is 0 Å². The first-order valence-electron chi connectivity index (χ1n) is 8.30. The molecule has 0 aliphatic carbocycles. The Bertz CT molecular complexity index is 787. The van der Waals surface area contributed by atoms with Gasteiger partial charge in [-0.15, -0.1) is 0 Å². The third-order valence-electron chi connectivity index (χ3n) is 4.32. The fourth-order valence-corrected chi connectivity index (χ4v) is 3.17. The average Bonchev–Trinajstić information content (AvgIpc) is 2.89. The topological polar surface area (TPSA) is 50.4 Å². The summed E-state index contributed by atoms with van der Waals surface area (Å²) < 4.78 is 11.8. The number of hydrogen-bond donors (Lipinski definition) is 1. The van der Waals surface area contributed by atoms with Crippen LogP contribution in [0.5, 0.6) is 5.75 Å². The van der Waals surface area contributed by atoms with E-state index < -0.39 is 0 Å². The first-order valence-corrected chi connectivity index (χ1v) is 8.30. The minimum atomic E-state index is 0.0157. The number of aromatic nitrogens is 2. The van der Waals surface area contributed by atoms with Gasteiger partial charge in [0.15, 0.2) is 0 Å². The summed E-state index contributed by atoms with van der Waals surface area (Å²) in [6.45, 7) is 3.98. The Morgan fingerprint density at radius 3 is 3.12 bits per heavy atom. The van der Waals surface area contributed by atoms with Crippen LogP contribution in [0.25, 0.3) is 10.9 Å². The molecule has 3 heterocycles. The molecular weight excluding hydrogens is 302 g/mol. The number of aromatic amines is 1. The van der Waals surface area contributed by atoms with E-state index in [2.05, 4.69) is 45.3 Å². The Labute approximate surface area is 141 Å². The van der Waals surface area contributed by atoms with Crippen LogP contribution in [0.1, 0.15) is 5.56 Å². The van der Waals surface area contributed by atoms with E-state index in [0.717, 1.165) is 32.0 Å². The van der Waals surface area contributed by atoms with E-state index in [0.29, 0.717) is 6.61 Å². The van der Waals surface area contributed by atoms with Gasteiger partial charge in [0.2, 0.25) is 0 Å². The number of nitrogens with zero attached hydrogens (tertiary/aromatic N) is 2. The SMILES string of the molecule is c1cncc(O[C@H]2COCCN(Cc3c[nH]c4ccccc34)C2)c1. The normalized spacial score (nSPS) is 19.2. The van der Waals surface area contributed by atoms with Crippen molar-refractivity contribution in [2.45, 2.75) is 12.6 Å². The van der Waals surface area contributed by atoms with Crippen LogP contribution in [0.3, 0.4) is 0 Å². The Morgan fingerprint density at radius 1 is 1.25 bits per heavy atom. The lowest BCUT2D eigenvalue weighted by atomic mass is 10.1. The Kier molecular flexibility index (Phi) is 4.44. The van der Waals surface area contributed by atoms with E-state index >= 15 is 0 Å². The Morgan fingerprint density at radius 2 is 2.21 bits per heavy atom. The number of fused-ring (bicyclic) bond motifs is 1. The average molecular weight is 323 g/mol. The summed E-state index contributed by atoms with van der Waals surface area (Å²) in [6, 6.07) is 12.2. The minimum Gasteiger partial charge on any atom is -0.485 e. The molecule has 1 N–H and O–H groups in total. The van der Waals surface area contributed by atoms with Crippen molar-refractivity contribution in [2.24, 2.45) is 0 Å². The predicted molar refractivity (Wildman–Crippen MR) is 93.0 cm³/mol. The molecule has 0 amide bonds. The lowest BCUT2D eigenvalue weighted by molar-refractivity contribution is 0.0708. The third-order valence-corrected chi connectivity index (χ3v) is 4.32. The maximum absolute atomic E-state index is 6.04. The van der Waals surface area contributed by atoms with Crippen LogP contribution in [-0.2, 0) is 11.3 Å². The second-order valence-corrected chi connectivity index (χ2v) is 6.10. The van der Waals surface area contributed by atoms with Crippen molar-refractivity contribution < 1.29 is 9.47 Å². The van der Waals surface area contributed by atoms with Crippen molar-refractivity contribution in [1.29, 1.82) is 0 Å². The molecule has 124 valence electrons. The third kappa shape index (κ3) is 3.42. The number of benzene rings is 1. The number of ether oxygens (including phenoxy) is 2. The second-order valence-electron chi connectivity index (χ2n) is 6.10. The van der Waals surface area contributed by atoms with Gasteiger partial charge in [-0.25, -0.2) is 0 Å². The fraction of sp³-hybridized carbons (Fsp3) is 0.316. The van der Waals surface area contributed by atoms with Gasteiger partial charge in [0.05, 0.1) is 19.4 Å².